The number of benzene rings is 2. The Hall–Kier alpha value is -2.67. The number of aryl methyl sites for hydroxylation is 1. The number of carbonyl (C=O) groups is 1. The van der Waals surface area contributed by atoms with E-state index >= 15 is 0 Å². The van der Waals surface area contributed by atoms with Gasteiger partial charge >= 0.3 is 12.1 Å². The van der Waals surface area contributed by atoms with Crippen LogP contribution in [0.15, 0.2) is 42.0 Å². The Morgan fingerprint density at radius 1 is 1.23 bits per heavy atom. The summed E-state index contributed by atoms with van der Waals surface area (Å²) in [6.45, 7) is 1.81. The van der Waals surface area contributed by atoms with Gasteiger partial charge in [-0.25, -0.2) is 4.79 Å². The number of hydrogen-bond acceptors (Lipinski definition) is 3. The van der Waals surface area contributed by atoms with E-state index in [0.29, 0.717) is 5.75 Å². The van der Waals surface area contributed by atoms with E-state index in [4.69, 9.17) is 26.2 Å². The molecule has 1 aliphatic rings. The van der Waals surface area contributed by atoms with Crippen molar-refractivity contribution in [2.45, 2.75) is 19.2 Å². The molecule has 3 rings (SSSR count). The molecule has 0 amide bonds. The van der Waals surface area contributed by atoms with Crippen LogP contribution in [0.3, 0.4) is 0 Å². The highest BCUT2D eigenvalue weighted by molar-refractivity contribution is 6.32. The zero-order valence-electron chi connectivity index (χ0n) is 13.3. The lowest BCUT2D eigenvalue weighted by molar-refractivity contribution is -0.187. The topological polar surface area (TPSA) is 55.8 Å². The van der Waals surface area contributed by atoms with Crippen LogP contribution in [0.5, 0.6) is 17.2 Å². The van der Waals surface area contributed by atoms with Crippen LogP contribution >= 0.6 is 11.6 Å². The molecule has 0 spiro atoms. The molecule has 8 heteroatoms. The highest BCUT2D eigenvalue weighted by atomic mass is 35.5. The monoisotopic (exact) mass is 384 g/mol. The maximum atomic E-state index is 13.1. The number of aliphatic carboxylic acids is 1. The molecule has 0 saturated carbocycles. The van der Waals surface area contributed by atoms with Crippen molar-refractivity contribution < 1.29 is 32.5 Å². The molecule has 0 bridgehead atoms. The fraction of sp³-hybridized carbons (Fsp3) is 0.167. The first-order chi connectivity index (χ1) is 12.2. The lowest BCUT2D eigenvalue weighted by Gasteiger charge is -2.27. The summed E-state index contributed by atoms with van der Waals surface area (Å²) in [5, 5.41) is 9.15. The number of rotatable bonds is 3. The predicted molar refractivity (Wildman–Crippen MR) is 88.8 cm³/mol. The summed E-state index contributed by atoms with van der Waals surface area (Å²) < 4.78 is 50.0. The van der Waals surface area contributed by atoms with E-state index in [9.17, 15) is 18.0 Å². The summed E-state index contributed by atoms with van der Waals surface area (Å²) in [5.41, 5.74) is 0.0297. The van der Waals surface area contributed by atoms with Gasteiger partial charge in [0.05, 0.1) is 10.6 Å². The summed E-state index contributed by atoms with van der Waals surface area (Å²) in [7, 11) is 0. The summed E-state index contributed by atoms with van der Waals surface area (Å²) in [5.74, 6) is -1.29. The van der Waals surface area contributed by atoms with Gasteiger partial charge in [0.25, 0.3) is 0 Å². The van der Waals surface area contributed by atoms with Gasteiger partial charge in [-0.15, -0.1) is 0 Å². The SMILES string of the molecule is Cc1ccccc1Oc1cc2c(cc1Cl)C=C(C(=O)O)[C@H](C(F)(F)F)O2. The summed E-state index contributed by atoms with van der Waals surface area (Å²) in [4.78, 5) is 11.1. The molecule has 2 aromatic carbocycles. The molecule has 136 valence electrons. The van der Waals surface area contributed by atoms with Crippen LogP contribution in [-0.2, 0) is 4.79 Å². The molecule has 0 radical (unpaired) electrons. The van der Waals surface area contributed by atoms with E-state index in [1.165, 1.54) is 12.1 Å². The number of fused-ring (bicyclic) bond motifs is 1. The van der Waals surface area contributed by atoms with Crippen LogP contribution in [0.4, 0.5) is 13.2 Å². The van der Waals surface area contributed by atoms with Crippen LogP contribution < -0.4 is 9.47 Å². The number of ether oxygens (including phenoxy) is 2. The molecule has 1 heterocycles. The van der Waals surface area contributed by atoms with Crippen molar-refractivity contribution in [3.8, 4) is 17.2 Å². The Morgan fingerprint density at radius 3 is 2.54 bits per heavy atom. The van der Waals surface area contributed by atoms with Crippen molar-refractivity contribution in [1.82, 2.24) is 0 Å². The molecule has 26 heavy (non-hydrogen) atoms. The average Bonchev–Trinajstić information content (AvgIpc) is 2.55. The van der Waals surface area contributed by atoms with E-state index in [-0.39, 0.29) is 22.1 Å². The normalized spacial score (nSPS) is 16.3. The van der Waals surface area contributed by atoms with E-state index < -0.39 is 23.8 Å². The van der Waals surface area contributed by atoms with Crippen LogP contribution in [-0.4, -0.2) is 23.4 Å². The number of para-hydroxylation sites is 1. The van der Waals surface area contributed by atoms with Crippen LogP contribution in [0.1, 0.15) is 11.1 Å². The van der Waals surface area contributed by atoms with Gasteiger partial charge < -0.3 is 14.6 Å². The molecule has 0 saturated heterocycles. The standard InChI is InChI=1S/C18H12ClF3O4/c1-9-4-2-3-5-13(9)25-15-8-14-10(7-12(15)19)6-11(17(23)24)16(26-14)18(20,21)22/h2-8,16H,1H3,(H,23,24)/t16-/m1/s1. The molecule has 0 fully saturated rings. The van der Waals surface area contributed by atoms with Gasteiger partial charge in [-0.1, -0.05) is 29.8 Å². The van der Waals surface area contributed by atoms with Gasteiger partial charge in [-0.2, -0.15) is 13.2 Å². The van der Waals surface area contributed by atoms with Crippen molar-refractivity contribution in [2.75, 3.05) is 0 Å². The highest BCUT2D eigenvalue weighted by Crippen LogP contribution is 2.42. The largest absolute Gasteiger partial charge is 0.478 e. The molecule has 4 nitrogen and oxygen atoms in total. The molecule has 2 aromatic rings. The Bertz CT molecular complexity index is 906. The summed E-state index contributed by atoms with van der Waals surface area (Å²) in [6.07, 6.45) is -6.54. The second-order valence-corrected chi connectivity index (χ2v) is 6.04. The molecular formula is C18H12ClF3O4. The van der Waals surface area contributed by atoms with E-state index in [0.717, 1.165) is 11.6 Å². The average molecular weight is 385 g/mol. The number of carboxylic acid groups (broad SMARTS) is 1. The Labute approximate surface area is 151 Å². The molecule has 0 aromatic heterocycles. The van der Waals surface area contributed by atoms with Crippen molar-refractivity contribution in [2.24, 2.45) is 0 Å². The van der Waals surface area contributed by atoms with Gasteiger partial charge in [-0.3, -0.25) is 0 Å². The predicted octanol–water partition coefficient (Wildman–Crippen LogP) is 5.23. The minimum Gasteiger partial charge on any atom is -0.478 e. The molecule has 1 atom stereocenters. The van der Waals surface area contributed by atoms with Gasteiger partial charge in [-0.05, 0) is 30.7 Å². The van der Waals surface area contributed by atoms with Gasteiger partial charge in [0.2, 0.25) is 6.10 Å². The number of alkyl halides is 3. The van der Waals surface area contributed by atoms with E-state index in [1.54, 1.807) is 25.1 Å². The van der Waals surface area contributed by atoms with Gasteiger partial charge in [0, 0.05) is 11.6 Å². The van der Waals surface area contributed by atoms with Crippen LogP contribution in [0.2, 0.25) is 5.02 Å². The maximum absolute atomic E-state index is 13.1. The zero-order chi connectivity index (χ0) is 19.1. The molecule has 1 N–H and O–H groups in total. The van der Waals surface area contributed by atoms with Gasteiger partial charge in [0.1, 0.15) is 17.2 Å². The molecular weight excluding hydrogens is 373 g/mol. The second-order valence-electron chi connectivity index (χ2n) is 5.63. The third-order valence-electron chi connectivity index (χ3n) is 3.76. The minimum absolute atomic E-state index is 0.104. The second kappa shape index (κ2) is 6.57. The van der Waals surface area contributed by atoms with Crippen molar-refractivity contribution in [3.63, 3.8) is 0 Å². The summed E-state index contributed by atoms with van der Waals surface area (Å²) >= 11 is 6.14. The number of carboxylic acids is 1. The van der Waals surface area contributed by atoms with Crippen molar-refractivity contribution in [1.29, 1.82) is 0 Å². The third kappa shape index (κ3) is 3.48. The quantitative estimate of drug-likeness (QED) is 0.787. The lowest BCUT2D eigenvalue weighted by Crippen LogP contribution is -2.40. The Kier molecular flexibility index (Phi) is 4.58. The smallest absolute Gasteiger partial charge is 0.430 e. The lowest BCUT2D eigenvalue weighted by atomic mass is 10.0. The molecule has 0 unspecified atom stereocenters. The number of halogens is 4. The first-order valence-electron chi connectivity index (χ1n) is 7.42. The minimum atomic E-state index is -4.88. The fourth-order valence-corrected chi connectivity index (χ4v) is 2.69. The fourth-order valence-electron chi connectivity index (χ4n) is 2.48. The Balaban J connectivity index is 2.03. The summed E-state index contributed by atoms with van der Waals surface area (Å²) in [6, 6.07) is 9.57. The first-order valence-corrected chi connectivity index (χ1v) is 7.80. The van der Waals surface area contributed by atoms with Gasteiger partial charge in [0.15, 0.2) is 0 Å². The third-order valence-corrected chi connectivity index (χ3v) is 4.06. The van der Waals surface area contributed by atoms with E-state index in [2.05, 4.69) is 0 Å². The molecule has 0 aliphatic carbocycles. The number of hydrogen-bond donors (Lipinski definition) is 1. The van der Waals surface area contributed by atoms with Crippen LogP contribution in [0, 0.1) is 6.92 Å². The zero-order valence-corrected chi connectivity index (χ0v) is 14.1. The van der Waals surface area contributed by atoms with Crippen LogP contribution in [0.25, 0.3) is 6.08 Å². The first kappa shape index (κ1) is 18.1. The maximum Gasteiger partial charge on any atom is 0.430 e. The van der Waals surface area contributed by atoms with Crippen molar-refractivity contribution >= 4 is 23.6 Å². The van der Waals surface area contributed by atoms with Crippen molar-refractivity contribution in [3.05, 3.63) is 58.1 Å². The Morgan fingerprint density at radius 2 is 1.92 bits per heavy atom. The highest BCUT2D eigenvalue weighted by Gasteiger charge is 2.48. The van der Waals surface area contributed by atoms with E-state index in [1.807, 2.05) is 6.07 Å². The molecule has 1 aliphatic heterocycles.